The predicted molar refractivity (Wildman–Crippen MR) is 39.8 cm³/mol. The van der Waals surface area contributed by atoms with Gasteiger partial charge in [0.15, 0.2) is 0 Å². The molecule has 0 nitrogen and oxygen atoms in total. The molecule has 0 saturated heterocycles. The van der Waals surface area contributed by atoms with Gasteiger partial charge in [-0.15, -0.1) is 0 Å². The zero-order chi connectivity index (χ0) is 0. The molecule has 0 atom stereocenters. The molecule has 0 amide bonds. The molecule has 4 heavy (non-hydrogen) atoms. The molecule has 0 aromatic heterocycles. The second-order valence-electron chi connectivity index (χ2n) is 0. The third kappa shape index (κ3) is 11.4. The average molecular weight is 254 g/mol. The van der Waals surface area contributed by atoms with Gasteiger partial charge in [-0.25, -0.2) is 0 Å². The van der Waals surface area contributed by atoms with E-state index in [1.807, 2.05) is 0 Å². The van der Waals surface area contributed by atoms with Crippen LogP contribution >= 0.6 is 0 Å². The number of hydrogen-bond acceptors (Lipinski definition) is 0. The van der Waals surface area contributed by atoms with Crippen LogP contribution in [-0.4, -0.2) is 51.4 Å². The number of hydrogen-bond donors (Lipinski definition) is 0. The SMILES string of the molecule is [BH4-].[BH4-].[BH4-].[Bi+3]. The Balaban J connectivity index is 0. The minimum Gasteiger partial charge on any atom is -0.0626 e. The van der Waals surface area contributed by atoms with Crippen LogP contribution in [0, 0.1) is 0 Å². The Hall–Kier alpha value is 1.08. The normalized spacial score (nSPS) is 0. The van der Waals surface area contributed by atoms with Crippen LogP contribution in [0.25, 0.3) is 0 Å². The topological polar surface area (TPSA) is 0 Å². The fraction of sp³-hybridized carbons (Fsp3) is 0. The summed E-state index contributed by atoms with van der Waals surface area (Å²) in [5, 5.41) is 0. The van der Waals surface area contributed by atoms with Gasteiger partial charge >= 0.3 is 26.2 Å². The van der Waals surface area contributed by atoms with Gasteiger partial charge < -0.3 is 0 Å². The molecule has 0 spiro atoms. The molecule has 0 fully saturated rings. The van der Waals surface area contributed by atoms with Crippen molar-refractivity contribution in [2.24, 2.45) is 0 Å². The fourth-order valence-electron chi connectivity index (χ4n) is 0. The molecule has 0 unspecified atom stereocenters. The van der Waals surface area contributed by atoms with Crippen molar-refractivity contribution >= 4 is 51.4 Å². The van der Waals surface area contributed by atoms with Gasteiger partial charge in [-0.05, 0) is 0 Å². The third-order valence-electron chi connectivity index (χ3n) is 0. The molecule has 0 aromatic rings. The van der Waals surface area contributed by atoms with E-state index < -0.39 is 0 Å². The minimum absolute atomic E-state index is 0. The van der Waals surface area contributed by atoms with Crippen molar-refractivity contribution in [2.75, 3.05) is 0 Å². The van der Waals surface area contributed by atoms with E-state index in [1.165, 1.54) is 0 Å². The summed E-state index contributed by atoms with van der Waals surface area (Å²) in [5.74, 6) is 0. The van der Waals surface area contributed by atoms with Crippen molar-refractivity contribution in [3.63, 3.8) is 0 Å². The van der Waals surface area contributed by atoms with E-state index in [4.69, 9.17) is 0 Å². The van der Waals surface area contributed by atoms with Crippen LogP contribution in [0.3, 0.4) is 0 Å². The average Bonchev–Trinajstić information content (AvgIpc) is 0. The fourth-order valence-corrected chi connectivity index (χ4v) is 0. The van der Waals surface area contributed by atoms with Gasteiger partial charge in [-0.1, -0.05) is 25.2 Å². The van der Waals surface area contributed by atoms with Crippen molar-refractivity contribution in [2.45, 2.75) is 0 Å². The molecule has 0 aromatic carbocycles. The van der Waals surface area contributed by atoms with Gasteiger partial charge in [0.1, 0.15) is 0 Å². The Kier molecular flexibility index (Phi) is 604. The summed E-state index contributed by atoms with van der Waals surface area (Å²) in [6.07, 6.45) is 0. The standard InChI is InChI=1S/3BH4.Bi/h3*1H4;/q3*-1;+3. The molecular weight excluding hydrogens is 241 g/mol. The Morgan fingerprint density at radius 3 is 0.500 bits per heavy atom. The van der Waals surface area contributed by atoms with Gasteiger partial charge in [0.05, 0.1) is 0 Å². The van der Waals surface area contributed by atoms with Gasteiger partial charge in [0.2, 0.25) is 0 Å². The van der Waals surface area contributed by atoms with E-state index in [-0.39, 0.29) is 51.4 Å². The summed E-state index contributed by atoms with van der Waals surface area (Å²) < 4.78 is 0. The summed E-state index contributed by atoms with van der Waals surface area (Å²) in [6, 6.07) is 0. The van der Waals surface area contributed by atoms with Gasteiger partial charge in [0.25, 0.3) is 0 Å². The van der Waals surface area contributed by atoms with Gasteiger partial charge in [0, 0.05) is 0 Å². The first-order valence-corrected chi connectivity index (χ1v) is 0. The van der Waals surface area contributed by atoms with Crippen LogP contribution < -0.4 is 0 Å². The van der Waals surface area contributed by atoms with Crippen molar-refractivity contribution < 1.29 is 0 Å². The molecule has 0 bridgehead atoms. The molecular formula is H12B3Bi. The van der Waals surface area contributed by atoms with Gasteiger partial charge in [-0.2, -0.15) is 0 Å². The van der Waals surface area contributed by atoms with Crippen LogP contribution in [0.2, 0.25) is 0 Å². The van der Waals surface area contributed by atoms with Crippen LogP contribution in [0.5, 0.6) is 0 Å². The maximum Gasteiger partial charge on any atom is 3.00 e. The Bertz CT molecular complexity index is 3.25. The molecule has 4 heteroatoms. The maximum absolute atomic E-state index is 0. The Morgan fingerprint density at radius 1 is 0.500 bits per heavy atom. The first kappa shape index (κ1) is 72.7. The van der Waals surface area contributed by atoms with E-state index in [0.717, 1.165) is 0 Å². The van der Waals surface area contributed by atoms with E-state index in [9.17, 15) is 0 Å². The molecule has 0 N–H and O–H groups in total. The molecule has 2 radical (unpaired) electrons. The summed E-state index contributed by atoms with van der Waals surface area (Å²) in [4.78, 5) is 0. The molecule has 0 aliphatic carbocycles. The largest absolute Gasteiger partial charge is 3.00 e. The predicted octanol–water partition coefficient (Wildman–Crippen LogP) is -4.74. The van der Waals surface area contributed by atoms with Crippen molar-refractivity contribution in [3.05, 3.63) is 0 Å². The summed E-state index contributed by atoms with van der Waals surface area (Å²) in [7, 11) is 0. The molecule has 0 aliphatic heterocycles. The summed E-state index contributed by atoms with van der Waals surface area (Å²) in [6.45, 7) is 0. The first-order valence-electron chi connectivity index (χ1n) is 0. The maximum atomic E-state index is 0. The van der Waals surface area contributed by atoms with Crippen LogP contribution in [0.15, 0.2) is 0 Å². The third-order valence-corrected chi connectivity index (χ3v) is 0. The Labute approximate surface area is 51.6 Å². The Morgan fingerprint density at radius 2 is 0.500 bits per heavy atom. The zero-order valence-electron chi connectivity index (χ0n) is 0.447. The first-order chi connectivity index (χ1) is 0. The van der Waals surface area contributed by atoms with Crippen molar-refractivity contribution in [3.8, 4) is 0 Å². The van der Waals surface area contributed by atoms with E-state index in [0.29, 0.717) is 0 Å². The smallest absolute Gasteiger partial charge is 0.0626 e. The molecule has 0 heterocycles. The summed E-state index contributed by atoms with van der Waals surface area (Å²) >= 11 is 0. The van der Waals surface area contributed by atoms with Crippen molar-refractivity contribution in [1.82, 2.24) is 0 Å². The van der Waals surface area contributed by atoms with Crippen LogP contribution in [-0.2, 0) is 0 Å². The minimum atomic E-state index is 0. The molecule has 0 rings (SSSR count). The van der Waals surface area contributed by atoms with E-state index >= 15 is 0 Å². The van der Waals surface area contributed by atoms with E-state index in [2.05, 4.69) is 0 Å². The monoisotopic (exact) mass is 254 g/mol. The molecule has 0 saturated carbocycles. The van der Waals surface area contributed by atoms with Gasteiger partial charge in [-0.3, -0.25) is 0 Å². The zero-order valence-corrected chi connectivity index (χ0v) is 3.92. The molecule has 26 valence electrons. The van der Waals surface area contributed by atoms with Crippen LogP contribution in [0.4, 0.5) is 0 Å². The quantitative estimate of drug-likeness (QED) is 0.381. The summed E-state index contributed by atoms with van der Waals surface area (Å²) in [5.41, 5.74) is 0. The van der Waals surface area contributed by atoms with Crippen LogP contribution in [0.1, 0.15) is 0 Å². The van der Waals surface area contributed by atoms with Crippen molar-refractivity contribution in [1.29, 1.82) is 0 Å². The second-order valence-corrected chi connectivity index (χ2v) is 0. The van der Waals surface area contributed by atoms with E-state index in [1.54, 1.807) is 0 Å². The number of rotatable bonds is 0. The second kappa shape index (κ2) is 33.2. The molecule has 0 aliphatic rings.